The standard InChI is InChI=1S/C14H10O3/c15-14(16)10-5-3-7-13-11(10)8-9-4-1-2-6-12(9)17-13/h1-7H,8H2,(H,15,16)/p-1. The highest BCUT2D eigenvalue weighted by molar-refractivity contribution is 5.89. The van der Waals surface area contributed by atoms with Crippen LogP contribution in [-0.4, -0.2) is 5.97 Å². The molecule has 3 rings (SSSR count). The summed E-state index contributed by atoms with van der Waals surface area (Å²) in [4.78, 5) is 11.0. The Hall–Kier alpha value is -2.29. The summed E-state index contributed by atoms with van der Waals surface area (Å²) in [5.74, 6) is 0.228. The molecule has 84 valence electrons. The van der Waals surface area contributed by atoms with Crippen molar-refractivity contribution in [3.05, 3.63) is 59.2 Å². The van der Waals surface area contributed by atoms with E-state index in [1.807, 2.05) is 24.3 Å². The summed E-state index contributed by atoms with van der Waals surface area (Å²) >= 11 is 0. The monoisotopic (exact) mass is 225 g/mol. The van der Waals surface area contributed by atoms with Crippen LogP contribution in [0.25, 0.3) is 0 Å². The first kappa shape index (κ1) is 9.90. The number of benzene rings is 2. The van der Waals surface area contributed by atoms with Crippen LogP contribution in [-0.2, 0) is 6.42 Å². The molecule has 1 aliphatic rings. The van der Waals surface area contributed by atoms with Crippen molar-refractivity contribution in [3.63, 3.8) is 0 Å². The van der Waals surface area contributed by atoms with Gasteiger partial charge in [0.1, 0.15) is 11.5 Å². The number of hydrogen-bond donors (Lipinski definition) is 0. The van der Waals surface area contributed by atoms with Crippen LogP contribution >= 0.6 is 0 Å². The number of carbonyl (C=O) groups is 1. The first-order chi connectivity index (χ1) is 8.25. The highest BCUT2D eigenvalue weighted by atomic mass is 16.5. The van der Waals surface area contributed by atoms with E-state index < -0.39 is 5.97 Å². The lowest BCUT2D eigenvalue weighted by atomic mass is 9.96. The lowest BCUT2D eigenvalue weighted by Gasteiger charge is -2.22. The number of carboxylic acids is 1. The molecule has 0 N–H and O–H groups in total. The van der Waals surface area contributed by atoms with Gasteiger partial charge in [-0.05, 0) is 17.7 Å². The van der Waals surface area contributed by atoms with Gasteiger partial charge in [0.2, 0.25) is 0 Å². The normalized spacial score (nSPS) is 12.2. The summed E-state index contributed by atoms with van der Waals surface area (Å²) in [6.07, 6.45) is 0.565. The summed E-state index contributed by atoms with van der Waals surface area (Å²) in [7, 11) is 0. The average Bonchev–Trinajstić information content (AvgIpc) is 2.35. The molecule has 17 heavy (non-hydrogen) atoms. The van der Waals surface area contributed by atoms with Crippen LogP contribution < -0.4 is 9.84 Å². The lowest BCUT2D eigenvalue weighted by Crippen LogP contribution is -2.24. The highest BCUT2D eigenvalue weighted by Crippen LogP contribution is 2.37. The van der Waals surface area contributed by atoms with Gasteiger partial charge in [-0.1, -0.05) is 30.3 Å². The van der Waals surface area contributed by atoms with Crippen LogP contribution in [0.4, 0.5) is 0 Å². The van der Waals surface area contributed by atoms with Crippen molar-refractivity contribution >= 4 is 5.97 Å². The number of ether oxygens (including phenoxy) is 1. The summed E-state index contributed by atoms with van der Waals surface area (Å²) in [5.41, 5.74) is 1.89. The molecular formula is C14H9O3-. The van der Waals surface area contributed by atoms with Gasteiger partial charge < -0.3 is 14.6 Å². The van der Waals surface area contributed by atoms with Gasteiger partial charge in [0.25, 0.3) is 0 Å². The molecule has 2 aromatic carbocycles. The van der Waals surface area contributed by atoms with Crippen molar-refractivity contribution in [2.24, 2.45) is 0 Å². The number of para-hydroxylation sites is 1. The molecule has 0 aromatic heterocycles. The number of fused-ring (bicyclic) bond motifs is 2. The van der Waals surface area contributed by atoms with Crippen LogP contribution in [0.5, 0.6) is 11.5 Å². The molecule has 0 radical (unpaired) electrons. The van der Waals surface area contributed by atoms with Crippen LogP contribution in [0.1, 0.15) is 21.5 Å². The van der Waals surface area contributed by atoms with E-state index in [1.54, 1.807) is 18.2 Å². The predicted molar refractivity (Wildman–Crippen MR) is 60.1 cm³/mol. The van der Waals surface area contributed by atoms with Crippen molar-refractivity contribution in [2.75, 3.05) is 0 Å². The zero-order valence-electron chi connectivity index (χ0n) is 8.97. The Morgan fingerprint density at radius 1 is 1.06 bits per heavy atom. The number of carboxylic acid groups (broad SMARTS) is 1. The minimum atomic E-state index is -1.16. The molecule has 0 unspecified atom stereocenters. The third-order valence-electron chi connectivity index (χ3n) is 2.91. The Morgan fingerprint density at radius 2 is 1.82 bits per heavy atom. The van der Waals surface area contributed by atoms with E-state index in [-0.39, 0.29) is 5.56 Å². The topological polar surface area (TPSA) is 49.4 Å². The lowest BCUT2D eigenvalue weighted by molar-refractivity contribution is -0.255. The van der Waals surface area contributed by atoms with Crippen molar-refractivity contribution in [1.82, 2.24) is 0 Å². The van der Waals surface area contributed by atoms with Crippen molar-refractivity contribution in [2.45, 2.75) is 6.42 Å². The van der Waals surface area contributed by atoms with E-state index in [9.17, 15) is 9.90 Å². The number of hydrogen-bond acceptors (Lipinski definition) is 3. The molecule has 0 spiro atoms. The van der Waals surface area contributed by atoms with E-state index in [0.29, 0.717) is 17.7 Å². The molecule has 3 heteroatoms. The number of aromatic carboxylic acids is 1. The van der Waals surface area contributed by atoms with E-state index in [1.165, 1.54) is 0 Å². The second kappa shape index (κ2) is 3.63. The zero-order valence-corrected chi connectivity index (χ0v) is 8.97. The van der Waals surface area contributed by atoms with E-state index in [0.717, 1.165) is 11.3 Å². The fourth-order valence-corrected chi connectivity index (χ4v) is 2.09. The third-order valence-corrected chi connectivity index (χ3v) is 2.91. The van der Waals surface area contributed by atoms with Gasteiger partial charge >= 0.3 is 0 Å². The minimum absolute atomic E-state index is 0.206. The van der Waals surface area contributed by atoms with Crippen LogP contribution in [0.15, 0.2) is 42.5 Å². The van der Waals surface area contributed by atoms with Crippen molar-refractivity contribution < 1.29 is 14.6 Å². The van der Waals surface area contributed by atoms with E-state index in [2.05, 4.69) is 0 Å². The fraction of sp³-hybridized carbons (Fsp3) is 0.0714. The van der Waals surface area contributed by atoms with Gasteiger partial charge in [0.05, 0.1) is 5.97 Å². The largest absolute Gasteiger partial charge is 0.545 e. The van der Waals surface area contributed by atoms with Crippen LogP contribution in [0.2, 0.25) is 0 Å². The maximum atomic E-state index is 11.0. The van der Waals surface area contributed by atoms with E-state index >= 15 is 0 Å². The van der Waals surface area contributed by atoms with Gasteiger partial charge in [0, 0.05) is 17.5 Å². The molecule has 0 aliphatic carbocycles. The summed E-state index contributed by atoms with van der Waals surface area (Å²) < 4.78 is 5.68. The first-order valence-electron chi connectivity index (χ1n) is 5.34. The molecule has 0 saturated carbocycles. The Labute approximate surface area is 98.3 Å². The average molecular weight is 225 g/mol. The quantitative estimate of drug-likeness (QED) is 0.634. The minimum Gasteiger partial charge on any atom is -0.545 e. The number of rotatable bonds is 1. The number of carbonyl (C=O) groups excluding carboxylic acids is 1. The molecule has 0 fully saturated rings. The molecule has 0 atom stereocenters. The van der Waals surface area contributed by atoms with Crippen LogP contribution in [0.3, 0.4) is 0 Å². The summed E-state index contributed by atoms with van der Waals surface area (Å²) in [6, 6.07) is 12.6. The van der Waals surface area contributed by atoms with Gasteiger partial charge in [0.15, 0.2) is 0 Å². The smallest absolute Gasteiger partial charge is 0.131 e. The molecule has 0 saturated heterocycles. The second-order valence-corrected chi connectivity index (χ2v) is 3.96. The SMILES string of the molecule is O=C([O-])c1cccc2c1Cc1ccccc1O2. The molecule has 2 aromatic rings. The third kappa shape index (κ3) is 1.56. The Kier molecular flexibility index (Phi) is 2.11. The van der Waals surface area contributed by atoms with Crippen molar-refractivity contribution in [3.8, 4) is 11.5 Å². The second-order valence-electron chi connectivity index (χ2n) is 3.96. The molecule has 0 amide bonds. The van der Waals surface area contributed by atoms with Gasteiger partial charge in [-0.15, -0.1) is 0 Å². The highest BCUT2D eigenvalue weighted by Gasteiger charge is 2.19. The molecule has 0 bridgehead atoms. The Morgan fingerprint density at radius 3 is 2.65 bits per heavy atom. The van der Waals surface area contributed by atoms with Crippen LogP contribution in [0, 0.1) is 0 Å². The van der Waals surface area contributed by atoms with Crippen molar-refractivity contribution in [1.29, 1.82) is 0 Å². The maximum absolute atomic E-state index is 11.0. The Balaban J connectivity index is 2.15. The zero-order chi connectivity index (χ0) is 11.8. The predicted octanol–water partition coefficient (Wildman–Crippen LogP) is 1.75. The first-order valence-corrected chi connectivity index (χ1v) is 5.34. The van der Waals surface area contributed by atoms with Gasteiger partial charge in [-0.2, -0.15) is 0 Å². The van der Waals surface area contributed by atoms with Gasteiger partial charge in [-0.25, -0.2) is 0 Å². The molecule has 1 heterocycles. The maximum Gasteiger partial charge on any atom is 0.131 e. The molecule has 1 aliphatic heterocycles. The summed E-state index contributed by atoms with van der Waals surface area (Å²) in [6.45, 7) is 0. The Bertz CT molecular complexity index is 602. The molecular weight excluding hydrogens is 216 g/mol. The van der Waals surface area contributed by atoms with Gasteiger partial charge in [-0.3, -0.25) is 0 Å². The summed E-state index contributed by atoms with van der Waals surface area (Å²) in [5, 5.41) is 11.0. The molecule has 3 nitrogen and oxygen atoms in total. The fourth-order valence-electron chi connectivity index (χ4n) is 2.09. The van der Waals surface area contributed by atoms with E-state index in [4.69, 9.17) is 4.74 Å².